The molecule has 1 heterocycles. The number of ketones is 1. The lowest BCUT2D eigenvalue weighted by Gasteiger charge is -2.08. The molecular formula is C14H14BrN3O2. The van der Waals surface area contributed by atoms with Gasteiger partial charge in [0.15, 0.2) is 5.78 Å². The first-order valence-electron chi connectivity index (χ1n) is 6.16. The Morgan fingerprint density at radius 2 is 1.95 bits per heavy atom. The Kier molecular flexibility index (Phi) is 4.34. The minimum atomic E-state index is -0.244. The maximum Gasteiger partial charge on any atom is 0.275 e. The average molecular weight is 336 g/mol. The van der Waals surface area contributed by atoms with Gasteiger partial charge >= 0.3 is 0 Å². The second-order valence-corrected chi connectivity index (χ2v) is 5.10. The fraction of sp³-hybridized carbons (Fsp3) is 0.214. The number of amides is 1. The number of hydrogen-bond acceptors (Lipinski definition) is 3. The number of aryl methyl sites for hydroxylation is 1. The molecule has 0 bridgehead atoms. The Balaban J connectivity index is 2.19. The lowest BCUT2D eigenvalue weighted by atomic mass is 10.1. The Morgan fingerprint density at radius 3 is 2.50 bits per heavy atom. The molecule has 0 spiro atoms. The Labute approximate surface area is 125 Å². The zero-order chi connectivity index (χ0) is 14.7. The number of hydrogen-bond donors (Lipinski definition) is 1. The predicted octanol–water partition coefficient (Wildman–Crippen LogP) is 3.12. The Morgan fingerprint density at radius 1 is 1.30 bits per heavy atom. The van der Waals surface area contributed by atoms with Crippen molar-refractivity contribution in [1.82, 2.24) is 9.78 Å². The number of nitrogens with zero attached hydrogens (tertiary/aromatic N) is 2. The first-order chi connectivity index (χ1) is 9.52. The van der Waals surface area contributed by atoms with Crippen LogP contribution in [0.4, 0.5) is 5.69 Å². The highest BCUT2D eigenvalue weighted by molar-refractivity contribution is 9.10. The van der Waals surface area contributed by atoms with Crippen molar-refractivity contribution >= 4 is 33.3 Å². The molecule has 0 saturated heterocycles. The minimum Gasteiger partial charge on any atom is -0.321 e. The number of carbonyl (C=O) groups excluding carboxylic acids is 2. The van der Waals surface area contributed by atoms with Crippen LogP contribution in [0.1, 0.15) is 34.7 Å². The Hall–Kier alpha value is -1.95. The molecule has 0 aliphatic carbocycles. The smallest absolute Gasteiger partial charge is 0.275 e. The highest BCUT2D eigenvalue weighted by Crippen LogP contribution is 2.18. The van der Waals surface area contributed by atoms with Crippen LogP contribution in [0, 0.1) is 0 Å². The van der Waals surface area contributed by atoms with Crippen LogP contribution in [-0.2, 0) is 6.54 Å². The molecule has 1 N–H and O–H groups in total. The largest absolute Gasteiger partial charge is 0.321 e. The van der Waals surface area contributed by atoms with Crippen molar-refractivity contribution in [3.63, 3.8) is 0 Å². The van der Waals surface area contributed by atoms with E-state index >= 15 is 0 Å². The summed E-state index contributed by atoms with van der Waals surface area (Å²) in [5, 5.41) is 6.88. The molecule has 20 heavy (non-hydrogen) atoms. The molecule has 2 rings (SSSR count). The molecule has 104 valence electrons. The van der Waals surface area contributed by atoms with Crippen LogP contribution in [-0.4, -0.2) is 21.5 Å². The summed E-state index contributed by atoms with van der Waals surface area (Å²) in [6.07, 6.45) is 1.59. The van der Waals surface area contributed by atoms with Gasteiger partial charge in [0.1, 0.15) is 5.69 Å². The van der Waals surface area contributed by atoms with Gasteiger partial charge in [0.05, 0.1) is 10.7 Å². The van der Waals surface area contributed by atoms with Crippen molar-refractivity contribution in [1.29, 1.82) is 0 Å². The van der Waals surface area contributed by atoms with Crippen LogP contribution in [0.5, 0.6) is 0 Å². The van der Waals surface area contributed by atoms with Crippen molar-refractivity contribution in [2.75, 3.05) is 5.32 Å². The second kappa shape index (κ2) is 6.00. The minimum absolute atomic E-state index is 0.00493. The maximum atomic E-state index is 12.2. The maximum absolute atomic E-state index is 12.2. The summed E-state index contributed by atoms with van der Waals surface area (Å²) in [5.41, 5.74) is 1.72. The molecule has 0 atom stereocenters. The molecule has 0 fully saturated rings. The van der Waals surface area contributed by atoms with Crippen molar-refractivity contribution in [3.05, 3.63) is 46.2 Å². The van der Waals surface area contributed by atoms with Gasteiger partial charge in [-0.1, -0.05) is 0 Å². The van der Waals surface area contributed by atoms with Gasteiger partial charge in [-0.3, -0.25) is 14.3 Å². The van der Waals surface area contributed by atoms with E-state index in [2.05, 4.69) is 26.3 Å². The van der Waals surface area contributed by atoms with Gasteiger partial charge in [0.2, 0.25) is 0 Å². The second-order valence-electron chi connectivity index (χ2n) is 4.24. The van der Waals surface area contributed by atoms with Crippen LogP contribution in [0.3, 0.4) is 0 Å². The van der Waals surface area contributed by atoms with Crippen molar-refractivity contribution < 1.29 is 9.59 Å². The molecule has 0 unspecified atom stereocenters. The normalized spacial score (nSPS) is 10.3. The summed E-state index contributed by atoms with van der Waals surface area (Å²) < 4.78 is 2.26. The molecule has 0 aliphatic rings. The molecule has 5 nitrogen and oxygen atoms in total. The fourth-order valence-electron chi connectivity index (χ4n) is 1.81. The van der Waals surface area contributed by atoms with Crippen molar-refractivity contribution in [3.8, 4) is 0 Å². The number of carbonyl (C=O) groups is 2. The lowest BCUT2D eigenvalue weighted by Crippen LogP contribution is -2.18. The lowest BCUT2D eigenvalue weighted by molar-refractivity contribution is 0.101. The average Bonchev–Trinajstić information content (AvgIpc) is 2.80. The first kappa shape index (κ1) is 14.5. The summed E-state index contributed by atoms with van der Waals surface area (Å²) in [6.45, 7) is 4.03. The number of halogens is 1. The standard InChI is InChI=1S/C14H14BrN3O2/c1-3-18-13(12(15)8-16-18)14(20)17-11-6-4-10(5-7-11)9(2)19/h4-8H,3H2,1-2H3,(H,17,20). The van der Waals surface area contributed by atoms with Crippen LogP contribution in [0.2, 0.25) is 0 Å². The number of nitrogens with one attached hydrogen (secondary N) is 1. The highest BCUT2D eigenvalue weighted by atomic mass is 79.9. The highest BCUT2D eigenvalue weighted by Gasteiger charge is 2.16. The molecule has 1 amide bonds. The Bertz CT molecular complexity index is 647. The number of Topliss-reactive ketones (excluding diaryl/α,β-unsaturated/α-hetero) is 1. The SMILES string of the molecule is CCn1ncc(Br)c1C(=O)Nc1ccc(C(C)=O)cc1. The van der Waals surface area contributed by atoms with Crippen molar-refractivity contribution in [2.24, 2.45) is 0 Å². The van der Waals surface area contributed by atoms with Crippen LogP contribution in [0.25, 0.3) is 0 Å². The van der Waals surface area contributed by atoms with Gasteiger partial charge in [-0.05, 0) is 54.0 Å². The van der Waals surface area contributed by atoms with E-state index in [9.17, 15) is 9.59 Å². The molecular weight excluding hydrogens is 322 g/mol. The number of benzene rings is 1. The van der Waals surface area contributed by atoms with E-state index in [1.54, 1.807) is 35.1 Å². The molecule has 0 saturated carbocycles. The van der Waals surface area contributed by atoms with Crippen LogP contribution >= 0.6 is 15.9 Å². The zero-order valence-corrected chi connectivity index (χ0v) is 12.8. The van der Waals surface area contributed by atoms with E-state index in [-0.39, 0.29) is 11.7 Å². The third-order valence-electron chi connectivity index (χ3n) is 2.86. The van der Waals surface area contributed by atoms with Gasteiger partial charge in [-0.25, -0.2) is 0 Å². The first-order valence-corrected chi connectivity index (χ1v) is 6.96. The van der Waals surface area contributed by atoms with Gasteiger partial charge in [-0.15, -0.1) is 0 Å². The van der Waals surface area contributed by atoms with E-state index in [1.165, 1.54) is 6.92 Å². The summed E-state index contributed by atoms with van der Waals surface area (Å²) in [4.78, 5) is 23.4. The summed E-state index contributed by atoms with van der Waals surface area (Å²) in [6, 6.07) is 6.78. The number of aromatic nitrogens is 2. The van der Waals surface area contributed by atoms with Gasteiger partial charge in [0, 0.05) is 17.8 Å². The van der Waals surface area contributed by atoms with E-state index in [1.807, 2.05) is 6.92 Å². The monoisotopic (exact) mass is 335 g/mol. The molecule has 1 aromatic carbocycles. The molecule has 0 aliphatic heterocycles. The predicted molar refractivity (Wildman–Crippen MR) is 80.0 cm³/mol. The van der Waals surface area contributed by atoms with E-state index in [0.29, 0.717) is 28.0 Å². The van der Waals surface area contributed by atoms with E-state index < -0.39 is 0 Å². The van der Waals surface area contributed by atoms with Gasteiger partial charge in [0.25, 0.3) is 5.91 Å². The van der Waals surface area contributed by atoms with Gasteiger partial charge < -0.3 is 5.32 Å². The van der Waals surface area contributed by atoms with E-state index in [4.69, 9.17) is 0 Å². The number of anilines is 1. The third-order valence-corrected chi connectivity index (χ3v) is 3.44. The molecule has 1 aromatic heterocycles. The quantitative estimate of drug-likeness (QED) is 0.873. The van der Waals surface area contributed by atoms with Gasteiger partial charge in [-0.2, -0.15) is 5.10 Å². The summed E-state index contributed by atoms with van der Waals surface area (Å²) in [5.74, 6) is -0.249. The topological polar surface area (TPSA) is 64.0 Å². The van der Waals surface area contributed by atoms with Crippen LogP contribution in [0.15, 0.2) is 34.9 Å². The third kappa shape index (κ3) is 2.96. The molecule has 6 heteroatoms. The molecule has 2 aromatic rings. The summed E-state index contributed by atoms with van der Waals surface area (Å²) >= 11 is 3.31. The number of rotatable bonds is 4. The van der Waals surface area contributed by atoms with Crippen LogP contribution < -0.4 is 5.32 Å². The van der Waals surface area contributed by atoms with Crippen molar-refractivity contribution in [2.45, 2.75) is 20.4 Å². The fourth-order valence-corrected chi connectivity index (χ4v) is 2.28. The van der Waals surface area contributed by atoms with E-state index in [0.717, 1.165) is 0 Å². The molecule has 0 radical (unpaired) electrons. The summed E-state index contributed by atoms with van der Waals surface area (Å²) in [7, 11) is 0. The zero-order valence-electron chi connectivity index (χ0n) is 11.2.